The van der Waals surface area contributed by atoms with Crippen LogP contribution in [-0.2, 0) is 22.8 Å². The molecule has 1 aromatic carbocycles. The molecule has 0 saturated carbocycles. The van der Waals surface area contributed by atoms with E-state index in [1.54, 1.807) is 19.2 Å². The van der Waals surface area contributed by atoms with Gasteiger partial charge in [0.25, 0.3) is 0 Å². The Labute approximate surface area is 294 Å². The summed E-state index contributed by atoms with van der Waals surface area (Å²) in [7, 11) is -6.93. The number of hydrogen-bond acceptors (Lipinski definition) is 7. The van der Waals surface area contributed by atoms with Gasteiger partial charge in [-0.05, 0) is 79.5 Å². The number of pyridine rings is 1. The Bertz CT molecular complexity index is 1500. The van der Waals surface area contributed by atoms with E-state index in [1.807, 2.05) is 16.7 Å². The summed E-state index contributed by atoms with van der Waals surface area (Å²) in [6, 6.07) is 5.52. The number of esters is 1. The van der Waals surface area contributed by atoms with Crippen LogP contribution in [0.5, 0.6) is 0 Å². The summed E-state index contributed by atoms with van der Waals surface area (Å²) in [6.45, 7) is 35.7. The molecule has 0 radical (unpaired) electrons. The maximum absolute atomic E-state index is 13.7. The van der Waals surface area contributed by atoms with Gasteiger partial charge in [-0.15, -0.1) is 0 Å². The molecule has 47 heavy (non-hydrogen) atoms. The number of carbonyl (C=O) groups excluding carboxylic acids is 1. The third-order valence-corrected chi connectivity index (χ3v) is 24.9. The molecule has 0 spiro atoms. The number of halogens is 1. The normalized spacial score (nSPS) is 21.8. The Morgan fingerprint density at radius 1 is 0.851 bits per heavy atom. The second kappa shape index (κ2) is 13.9. The van der Waals surface area contributed by atoms with Crippen molar-refractivity contribution in [2.24, 2.45) is 0 Å². The summed E-state index contributed by atoms with van der Waals surface area (Å²) in [4.78, 5) is 26.9. The van der Waals surface area contributed by atoms with Crippen LogP contribution in [0.15, 0.2) is 33.7 Å². The monoisotopic (exact) mass is 769 g/mol. The fourth-order valence-electron chi connectivity index (χ4n) is 4.77. The van der Waals surface area contributed by atoms with Crippen molar-refractivity contribution in [3.8, 4) is 0 Å². The maximum atomic E-state index is 13.7. The standard InChI is InChI=1S/C35H60BrNO7Si3/c1-17-40-32(39)25-21-37(26-19-18-23(36)20-24(26)28(25)38)31-30(44-47(15,16)35(8,9)10)29(43-46(13,14)34(5,6)7)27(42-31)22-41-45(11,12)33(2,3)4/h18-21,27,29-31H,17,22H2,1-16H3/t27-,29-,30-,31-/m1/s1. The minimum absolute atomic E-state index is 0.00860. The van der Waals surface area contributed by atoms with Gasteiger partial charge in [0.05, 0.1) is 18.7 Å². The van der Waals surface area contributed by atoms with Gasteiger partial charge in [0.2, 0.25) is 5.43 Å². The first-order chi connectivity index (χ1) is 21.1. The zero-order chi connectivity index (χ0) is 36.1. The number of aromatic nitrogens is 1. The zero-order valence-corrected chi connectivity index (χ0v) is 36.3. The Kier molecular flexibility index (Phi) is 11.9. The second-order valence-electron chi connectivity index (χ2n) is 17.5. The van der Waals surface area contributed by atoms with Crippen molar-refractivity contribution in [3.05, 3.63) is 44.7 Å². The molecule has 266 valence electrons. The lowest BCUT2D eigenvalue weighted by Crippen LogP contribution is -2.54. The minimum Gasteiger partial charge on any atom is -0.462 e. The van der Waals surface area contributed by atoms with Crippen molar-refractivity contribution in [3.63, 3.8) is 0 Å². The van der Waals surface area contributed by atoms with Crippen LogP contribution in [0.3, 0.4) is 0 Å². The number of benzene rings is 1. The molecular weight excluding hydrogens is 711 g/mol. The van der Waals surface area contributed by atoms with E-state index in [1.165, 1.54) is 0 Å². The van der Waals surface area contributed by atoms with Crippen LogP contribution in [0.25, 0.3) is 10.9 Å². The topological polar surface area (TPSA) is 85.2 Å². The number of ether oxygens (including phenoxy) is 2. The fraction of sp³-hybridized carbons (Fsp3) is 0.714. The van der Waals surface area contributed by atoms with E-state index in [-0.39, 0.29) is 32.7 Å². The molecular formula is C35H60BrNO7Si3. The van der Waals surface area contributed by atoms with E-state index in [0.717, 1.165) is 4.47 Å². The average Bonchev–Trinajstić information content (AvgIpc) is 3.21. The molecule has 2 aromatic rings. The summed E-state index contributed by atoms with van der Waals surface area (Å²) in [5.74, 6) is -0.667. The number of fused-ring (bicyclic) bond motifs is 1. The van der Waals surface area contributed by atoms with Crippen molar-refractivity contribution in [1.82, 2.24) is 4.57 Å². The fourth-order valence-corrected chi connectivity index (χ4v) is 8.75. The SMILES string of the molecule is CCOC(=O)c1cn([C@@H]2O[C@H](CO[Si](C)(C)C(C)(C)C)[C@@H](O[Si](C)(C)C(C)(C)C)[C@H]2O[Si](C)(C)C(C)(C)C)c2ccc(Br)cc2c1=O. The van der Waals surface area contributed by atoms with Gasteiger partial charge >= 0.3 is 5.97 Å². The highest BCUT2D eigenvalue weighted by Crippen LogP contribution is 2.47. The van der Waals surface area contributed by atoms with E-state index >= 15 is 0 Å². The highest BCUT2D eigenvalue weighted by molar-refractivity contribution is 9.10. The maximum Gasteiger partial charge on any atom is 0.343 e. The van der Waals surface area contributed by atoms with E-state index in [0.29, 0.717) is 17.5 Å². The van der Waals surface area contributed by atoms with Crippen molar-refractivity contribution < 1.29 is 27.5 Å². The molecule has 0 bridgehead atoms. The molecule has 0 aliphatic carbocycles. The quantitative estimate of drug-likeness (QED) is 0.176. The van der Waals surface area contributed by atoms with Crippen LogP contribution < -0.4 is 5.43 Å². The summed E-state index contributed by atoms with van der Waals surface area (Å²) < 4.78 is 36.5. The summed E-state index contributed by atoms with van der Waals surface area (Å²) in [5.41, 5.74) is 0.204. The smallest absolute Gasteiger partial charge is 0.343 e. The van der Waals surface area contributed by atoms with Gasteiger partial charge < -0.3 is 27.3 Å². The number of nitrogens with zero attached hydrogens (tertiary/aromatic N) is 1. The van der Waals surface area contributed by atoms with E-state index < -0.39 is 55.5 Å². The van der Waals surface area contributed by atoms with Crippen molar-refractivity contribution in [2.75, 3.05) is 13.2 Å². The zero-order valence-electron chi connectivity index (χ0n) is 31.7. The molecule has 0 N–H and O–H groups in total. The van der Waals surface area contributed by atoms with Crippen molar-refractivity contribution in [2.45, 2.75) is 148 Å². The number of hydrogen-bond donors (Lipinski definition) is 0. The van der Waals surface area contributed by atoms with Crippen LogP contribution in [0, 0.1) is 0 Å². The Morgan fingerprint density at radius 3 is 1.85 bits per heavy atom. The minimum atomic E-state index is -2.41. The Morgan fingerprint density at radius 2 is 1.36 bits per heavy atom. The Hall–Kier alpha value is -1.13. The van der Waals surface area contributed by atoms with Crippen LogP contribution in [0.2, 0.25) is 54.4 Å². The van der Waals surface area contributed by atoms with Crippen LogP contribution in [-0.4, -0.2) is 67.0 Å². The van der Waals surface area contributed by atoms with E-state index in [4.69, 9.17) is 22.8 Å². The largest absolute Gasteiger partial charge is 0.462 e. The van der Waals surface area contributed by atoms with Gasteiger partial charge in [0.1, 0.15) is 23.9 Å². The van der Waals surface area contributed by atoms with Gasteiger partial charge in [-0.25, -0.2) is 4.79 Å². The molecule has 12 heteroatoms. The molecule has 0 amide bonds. The van der Waals surface area contributed by atoms with Gasteiger partial charge in [-0.2, -0.15) is 0 Å². The third kappa shape index (κ3) is 8.61. The van der Waals surface area contributed by atoms with Crippen molar-refractivity contribution >= 4 is 57.8 Å². The summed E-state index contributed by atoms with van der Waals surface area (Å²) >= 11 is 3.52. The molecule has 4 atom stereocenters. The first-order valence-electron chi connectivity index (χ1n) is 16.8. The molecule has 1 saturated heterocycles. The lowest BCUT2D eigenvalue weighted by Gasteiger charge is -2.44. The average molecular weight is 771 g/mol. The van der Waals surface area contributed by atoms with Gasteiger partial charge in [0, 0.05) is 16.1 Å². The van der Waals surface area contributed by atoms with Gasteiger partial charge in [-0.1, -0.05) is 78.2 Å². The molecule has 1 aliphatic heterocycles. The van der Waals surface area contributed by atoms with E-state index in [2.05, 4.69) is 118 Å². The third-order valence-electron chi connectivity index (χ3n) is 10.9. The molecule has 1 aromatic heterocycles. The second-order valence-corrected chi connectivity index (χ2v) is 32.7. The molecule has 1 fully saturated rings. The van der Waals surface area contributed by atoms with Gasteiger partial charge in [0.15, 0.2) is 31.2 Å². The molecule has 1 aliphatic rings. The predicted octanol–water partition coefficient (Wildman–Crippen LogP) is 9.64. The molecule has 8 nitrogen and oxygen atoms in total. The molecule has 0 unspecified atom stereocenters. The lowest BCUT2D eigenvalue weighted by atomic mass is 10.1. The predicted molar refractivity (Wildman–Crippen MR) is 203 cm³/mol. The van der Waals surface area contributed by atoms with Crippen LogP contribution in [0.4, 0.5) is 0 Å². The highest BCUT2D eigenvalue weighted by Gasteiger charge is 2.55. The molecule has 2 heterocycles. The van der Waals surface area contributed by atoms with Crippen LogP contribution in [0.1, 0.15) is 85.8 Å². The number of carbonyl (C=O) groups is 1. The molecule has 3 rings (SSSR count). The van der Waals surface area contributed by atoms with E-state index in [9.17, 15) is 9.59 Å². The summed E-state index contributed by atoms with van der Waals surface area (Å²) in [5, 5.41) is 0.239. The first kappa shape index (κ1) is 40.3. The summed E-state index contributed by atoms with van der Waals surface area (Å²) in [6.07, 6.45) is -0.555. The highest BCUT2D eigenvalue weighted by atomic mass is 79.9. The first-order valence-corrected chi connectivity index (χ1v) is 26.3. The Balaban J connectivity index is 2.34. The van der Waals surface area contributed by atoms with Crippen molar-refractivity contribution in [1.29, 1.82) is 0 Å². The van der Waals surface area contributed by atoms with Crippen LogP contribution >= 0.6 is 15.9 Å². The number of rotatable bonds is 10. The van der Waals surface area contributed by atoms with Gasteiger partial charge in [-0.3, -0.25) is 4.79 Å². The lowest BCUT2D eigenvalue weighted by molar-refractivity contribution is -0.0469.